The summed E-state index contributed by atoms with van der Waals surface area (Å²) in [6.07, 6.45) is 5.98. The topological polar surface area (TPSA) is 84.7 Å². The Morgan fingerprint density at radius 3 is 2.68 bits per heavy atom. The molecule has 162 valence electrons. The molecule has 0 saturated heterocycles. The third-order valence-corrected chi connectivity index (χ3v) is 5.20. The number of amides is 1. The normalized spacial score (nSPS) is 10.6. The first-order valence-corrected chi connectivity index (χ1v) is 10.3. The summed E-state index contributed by atoms with van der Waals surface area (Å²) in [5.74, 6) is -1.38. The molecule has 3 rings (SSSR count). The molecule has 31 heavy (non-hydrogen) atoms. The molecule has 0 aliphatic carbocycles. The number of hydrogen-bond acceptors (Lipinski definition) is 4. The first kappa shape index (κ1) is 22.7. The van der Waals surface area contributed by atoms with E-state index >= 15 is 0 Å². The van der Waals surface area contributed by atoms with Crippen LogP contribution in [-0.2, 0) is 17.9 Å². The van der Waals surface area contributed by atoms with Crippen LogP contribution in [0.15, 0.2) is 61.2 Å². The van der Waals surface area contributed by atoms with E-state index in [1.807, 2.05) is 29.0 Å². The van der Waals surface area contributed by atoms with Gasteiger partial charge in [-0.05, 0) is 36.2 Å². The highest BCUT2D eigenvalue weighted by molar-refractivity contribution is 6.31. The second-order valence-electron chi connectivity index (χ2n) is 6.80. The van der Waals surface area contributed by atoms with E-state index in [2.05, 4.69) is 4.98 Å². The summed E-state index contributed by atoms with van der Waals surface area (Å²) in [4.78, 5) is 30.0. The van der Waals surface area contributed by atoms with E-state index in [-0.39, 0.29) is 28.8 Å². The van der Waals surface area contributed by atoms with Crippen LogP contribution in [0.4, 0.5) is 0 Å². The first-order chi connectivity index (χ1) is 14.9. The molecule has 0 fully saturated rings. The Morgan fingerprint density at radius 2 is 1.97 bits per heavy atom. The maximum absolute atomic E-state index is 12.9. The number of ether oxygens (including phenoxy) is 1. The molecule has 1 aromatic heterocycles. The molecule has 1 amide bonds. The van der Waals surface area contributed by atoms with Crippen molar-refractivity contribution in [3.05, 3.63) is 82.4 Å². The van der Waals surface area contributed by atoms with Gasteiger partial charge in [0.05, 0.1) is 6.33 Å². The van der Waals surface area contributed by atoms with Crippen LogP contribution in [0.25, 0.3) is 0 Å². The number of aryl methyl sites for hydroxylation is 1. The Hall–Kier alpha value is -3.03. The lowest BCUT2D eigenvalue weighted by Crippen LogP contribution is -2.36. The molecule has 7 nitrogen and oxygen atoms in total. The van der Waals surface area contributed by atoms with Crippen LogP contribution in [0.2, 0.25) is 10.0 Å². The summed E-state index contributed by atoms with van der Waals surface area (Å²) < 4.78 is 7.47. The summed E-state index contributed by atoms with van der Waals surface area (Å²) in [7, 11) is 0. The van der Waals surface area contributed by atoms with E-state index in [0.717, 1.165) is 5.56 Å². The zero-order valence-corrected chi connectivity index (χ0v) is 18.1. The average molecular weight is 462 g/mol. The van der Waals surface area contributed by atoms with Crippen molar-refractivity contribution < 1.29 is 19.4 Å². The van der Waals surface area contributed by atoms with E-state index in [1.165, 1.54) is 18.2 Å². The smallest absolute Gasteiger partial charge is 0.339 e. The monoisotopic (exact) mass is 461 g/mol. The molecule has 0 unspecified atom stereocenters. The third-order valence-electron chi connectivity index (χ3n) is 4.60. The van der Waals surface area contributed by atoms with Gasteiger partial charge >= 0.3 is 5.97 Å². The molecular weight excluding hydrogens is 441 g/mol. The zero-order valence-electron chi connectivity index (χ0n) is 16.6. The molecular formula is C22H21Cl2N3O4. The fraction of sp³-hybridized carbons (Fsp3) is 0.227. The second kappa shape index (κ2) is 10.8. The lowest BCUT2D eigenvalue weighted by molar-refractivity contribution is -0.134. The van der Waals surface area contributed by atoms with Crippen molar-refractivity contribution >= 4 is 35.1 Å². The fourth-order valence-electron chi connectivity index (χ4n) is 3.01. The van der Waals surface area contributed by atoms with Crippen LogP contribution < -0.4 is 4.74 Å². The van der Waals surface area contributed by atoms with Gasteiger partial charge in [-0.2, -0.15) is 0 Å². The standard InChI is InChI=1S/C22H21Cl2N3O4/c23-17-6-7-20(18(12-17)22(29)30)31-14-21(28)27(10-3-9-26-11-8-25-15-26)13-16-4-1-2-5-19(16)24/h1-2,4-8,11-12,15H,3,9-10,13-14H2,(H,29,30). The molecule has 0 spiro atoms. The minimum absolute atomic E-state index is 0.0846. The van der Waals surface area contributed by atoms with Crippen molar-refractivity contribution in [1.82, 2.24) is 14.5 Å². The number of carbonyl (C=O) groups is 2. The quantitative estimate of drug-likeness (QED) is 0.483. The number of imidazole rings is 1. The summed E-state index contributed by atoms with van der Waals surface area (Å²) in [6, 6.07) is 11.6. The highest BCUT2D eigenvalue weighted by atomic mass is 35.5. The number of hydrogen-bond donors (Lipinski definition) is 1. The molecule has 0 aliphatic rings. The van der Waals surface area contributed by atoms with E-state index < -0.39 is 5.97 Å². The number of carbonyl (C=O) groups excluding carboxylic acids is 1. The largest absolute Gasteiger partial charge is 0.483 e. The van der Waals surface area contributed by atoms with Crippen LogP contribution >= 0.6 is 23.2 Å². The molecule has 0 atom stereocenters. The minimum Gasteiger partial charge on any atom is -0.483 e. The van der Waals surface area contributed by atoms with Gasteiger partial charge in [-0.1, -0.05) is 41.4 Å². The van der Waals surface area contributed by atoms with E-state index in [9.17, 15) is 14.7 Å². The highest BCUT2D eigenvalue weighted by Gasteiger charge is 2.18. The van der Waals surface area contributed by atoms with Crippen molar-refractivity contribution in [2.24, 2.45) is 0 Å². The Morgan fingerprint density at radius 1 is 1.16 bits per heavy atom. The number of benzene rings is 2. The summed E-state index contributed by atoms with van der Waals surface area (Å²) >= 11 is 12.1. The molecule has 3 aromatic rings. The van der Waals surface area contributed by atoms with Crippen molar-refractivity contribution in [3.8, 4) is 5.75 Å². The van der Waals surface area contributed by atoms with Crippen LogP contribution in [0, 0.1) is 0 Å². The molecule has 0 radical (unpaired) electrons. The number of carboxylic acid groups (broad SMARTS) is 1. The minimum atomic E-state index is -1.18. The number of nitrogens with zero attached hydrogens (tertiary/aromatic N) is 3. The number of aromatic nitrogens is 2. The van der Waals surface area contributed by atoms with Gasteiger partial charge in [0, 0.05) is 42.1 Å². The predicted octanol–water partition coefficient (Wildman–Crippen LogP) is 4.39. The third kappa shape index (κ3) is 6.47. The first-order valence-electron chi connectivity index (χ1n) is 9.56. The van der Waals surface area contributed by atoms with Crippen LogP contribution in [0.5, 0.6) is 5.75 Å². The highest BCUT2D eigenvalue weighted by Crippen LogP contribution is 2.23. The van der Waals surface area contributed by atoms with Gasteiger partial charge in [-0.25, -0.2) is 9.78 Å². The number of aromatic carboxylic acids is 1. The van der Waals surface area contributed by atoms with Crippen molar-refractivity contribution in [2.75, 3.05) is 13.2 Å². The Balaban J connectivity index is 1.69. The number of carboxylic acids is 1. The predicted molar refractivity (Wildman–Crippen MR) is 118 cm³/mol. The second-order valence-corrected chi connectivity index (χ2v) is 7.64. The molecule has 0 saturated carbocycles. The van der Waals surface area contributed by atoms with Crippen LogP contribution in [0.1, 0.15) is 22.3 Å². The van der Waals surface area contributed by atoms with Crippen LogP contribution in [-0.4, -0.2) is 44.6 Å². The van der Waals surface area contributed by atoms with E-state index in [4.69, 9.17) is 27.9 Å². The fourth-order valence-corrected chi connectivity index (χ4v) is 3.38. The van der Waals surface area contributed by atoms with Gasteiger partial charge in [0.15, 0.2) is 6.61 Å². The summed E-state index contributed by atoms with van der Waals surface area (Å²) in [5.41, 5.74) is 0.718. The molecule has 1 N–H and O–H groups in total. The van der Waals surface area contributed by atoms with Crippen molar-refractivity contribution in [1.29, 1.82) is 0 Å². The van der Waals surface area contributed by atoms with Gasteiger partial charge < -0.3 is 19.3 Å². The van der Waals surface area contributed by atoms with Gasteiger partial charge in [-0.3, -0.25) is 4.79 Å². The lowest BCUT2D eigenvalue weighted by Gasteiger charge is -2.24. The zero-order chi connectivity index (χ0) is 22.2. The molecule has 0 bridgehead atoms. The lowest BCUT2D eigenvalue weighted by atomic mass is 10.2. The average Bonchev–Trinajstić information content (AvgIpc) is 3.26. The van der Waals surface area contributed by atoms with Crippen LogP contribution in [0.3, 0.4) is 0 Å². The van der Waals surface area contributed by atoms with Gasteiger partial charge in [-0.15, -0.1) is 0 Å². The number of rotatable bonds is 10. The maximum Gasteiger partial charge on any atom is 0.339 e. The SMILES string of the molecule is O=C(O)c1cc(Cl)ccc1OCC(=O)N(CCCn1ccnc1)Cc1ccccc1Cl. The molecule has 2 aromatic carbocycles. The van der Waals surface area contributed by atoms with Gasteiger partial charge in [0.2, 0.25) is 0 Å². The number of halogens is 2. The molecule has 0 aliphatic heterocycles. The Bertz CT molecular complexity index is 1040. The van der Waals surface area contributed by atoms with E-state index in [1.54, 1.807) is 23.5 Å². The summed E-state index contributed by atoms with van der Waals surface area (Å²) in [6.45, 7) is 1.18. The molecule has 1 heterocycles. The van der Waals surface area contributed by atoms with Crippen molar-refractivity contribution in [2.45, 2.75) is 19.5 Å². The Kier molecular flexibility index (Phi) is 7.92. The van der Waals surface area contributed by atoms with Gasteiger partial charge in [0.25, 0.3) is 5.91 Å². The van der Waals surface area contributed by atoms with Gasteiger partial charge in [0.1, 0.15) is 11.3 Å². The summed E-state index contributed by atoms with van der Waals surface area (Å²) in [5, 5.41) is 10.2. The van der Waals surface area contributed by atoms with E-state index in [0.29, 0.717) is 31.1 Å². The maximum atomic E-state index is 12.9. The Labute approximate surface area is 189 Å². The molecule has 9 heteroatoms. The van der Waals surface area contributed by atoms with Crippen molar-refractivity contribution in [3.63, 3.8) is 0 Å².